The average Bonchev–Trinajstić information content (AvgIpc) is 2.64. The van der Waals surface area contributed by atoms with Crippen LogP contribution in [0, 0.1) is 0 Å². The van der Waals surface area contributed by atoms with Gasteiger partial charge in [-0.1, -0.05) is 5.21 Å². The van der Waals surface area contributed by atoms with Crippen molar-refractivity contribution in [3.05, 3.63) is 4.60 Å². The smallest absolute Gasteiger partial charge is 0.321 e. The first-order chi connectivity index (χ1) is 9.15. The Labute approximate surface area is 122 Å². The second kappa shape index (κ2) is 6.28. The number of amides is 1. The molecule has 1 rings (SSSR count). The van der Waals surface area contributed by atoms with Crippen LogP contribution in [-0.2, 0) is 26.7 Å². The highest BCUT2D eigenvalue weighted by molar-refractivity contribution is 9.10. The lowest BCUT2D eigenvalue weighted by molar-refractivity contribution is -0.139. The Kier molecular flexibility index (Phi) is 5.19. The fourth-order valence-electron chi connectivity index (χ4n) is 1.37. The Balaban J connectivity index is 2.98. The van der Waals surface area contributed by atoms with Crippen LogP contribution in [-0.4, -0.2) is 46.4 Å². The van der Waals surface area contributed by atoms with Crippen LogP contribution in [0.4, 0.5) is 0 Å². The second-order valence-electron chi connectivity index (χ2n) is 3.83. The number of aliphatic carboxylic acids is 1. The van der Waals surface area contributed by atoms with E-state index in [0.717, 1.165) is 4.68 Å². The number of carboxylic acids is 1. The molecular formula is C8H12BrN5O5S. The summed E-state index contributed by atoms with van der Waals surface area (Å²) in [5.74, 6) is -2.14. The number of rotatable bonds is 7. The SMILES string of the molecule is Cn1nnc(Br)c1S(=O)(=O)NC(CCC(N)=O)C(=O)O. The molecule has 1 unspecified atom stereocenters. The summed E-state index contributed by atoms with van der Waals surface area (Å²) in [6, 6.07) is -1.48. The average molecular weight is 370 g/mol. The lowest BCUT2D eigenvalue weighted by Gasteiger charge is -2.13. The number of hydrogen-bond donors (Lipinski definition) is 3. The standard InChI is InChI=1S/C8H12BrN5O5S/c1-14-7(6(9)11-13-14)20(18,19)12-4(8(16)17)2-3-5(10)15/h4,12H,2-3H2,1H3,(H2,10,15)(H,16,17). The van der Waals surface area contributed by atoms with Gasteiger partial charge in [0.05, 0.1) is 0 Å². The van der Waals surface area contributed by atoms with Crippen molar-refractivity contribution in [1.82, 2.24) is 19.7 Å². The molecular weight excluding hydrogens is 358 g/mol. The third-order valence-corrected chi connectivity index (χ3v) is 4.62. The van der Waals surface area contributed by atoms with Crippen molar-refractivity contribution in [2.24, 2.45) is 12.8 Å². The largest absolute Gasteiger partial charge is 0.480 e. The van der Waals surface area contributed by atoms with Gasteiger partial charge >= 0.3 is 5.97 Å². The lowest BCUT2D eigenvalue weighted by Crippen LogP contribution is -2.42. The first-order valence-electron chi connectivity index (χ1n) is 5.23. The fourth-order valence-corrected chi connectivity index (χ4v) is 3.69. The summed E-state index contributed by atoms with van der Waals surface area (Å²) in [6.45, 7) is 0. The quantitative estimate of drug-likeness (QED) is 0.531. The number of carbonyl (C=O) groups excluding carboxylic acids is 1. The molecule has 0 bridgehead atoms. The van der Waals surface area contributed by atoms with Gasteiger partial charge in [0.1, 0.15) is 6.04 Å². The van der Waals surface area contributed by atoms with Gasteiger partial charge in [0.25, 0.3) is 10.0 Å². The molecule has 20 heavy (non-hydrogen) atoms. The van der Waals surface area contributed by atoms with Crippen LogP contribution in [0.15, 0.2) is 9.63 Å². The fraction of sp³-hybridized carbons (Fsp3) is 0.500. The number of aromatic nitrogens is 3. The predicted octanol–water partition coefficient (Wildman–Crippen LogP) is -1.43. The molecule has 12 heteroatoms. The maximum atomic E-state index is 12.1. The van der Waals surface area contributed by atoms with E-state index in [0.29, 0.717) is 0 Å². The third kappa shape index (κ3) is 3.98. The Bertz CT molecular complexity index is 608. The molecule has 0 saturated heterocycles. The molecule has 1 aromatic heterocycles. The summed E-state index contributed by atoms with van der Waals surface area (Å²) >= 11 is 2.91. The van der Waals surface area contributed by atoms with Crippen molar-refractivity contribution in [3.8, 4) is 0 Å². The summed E-state index contributed by atoms with van der Waals surface area (Å²) in [5, 5.41) is 15.6. The molecule has 0 aliphatic heterocycles. The van der Waals surface area contributed by atoms with E-state index in [9.17, 15) is 18.0 Å². The first kappa shape index (κ1) is 16.5. The molecule has 0 spiro atoms. The van der Waals surface area contributed by atoms with Gasteiger partial charge in [-0.05, 0) is 22.4 Å². The van der Waals surface area contributed by atoms with Crippen molar-refractivity contribution in [1.29, 1.82) is 0 Å². The molecule has 1 heterocycles. The summed E-state index contributed by atoms with van der Waals surface area (Å²) in [4.78, 5) is 21.6. The van der Waals surface area contributed by atoms with Crippen LogP contribution in [0.2, 0.25) is 0 Å². The van der Waals surface area contributed by atoms with Crippen LogP contribution < -0.4 is 10.5 Å². The minimum absolute atomic E-state index is 0.0495. The molecule has 112 valence electrons. The van der Waals surface area contributed by atoms with E-state index in [2.05, 4.69) is 26.2 Å². The molecule has 1 atom stereocenters. The van der Waals surface area contributed by atoms with E-state index in [1.54, 1.807) is 0 Å². The Morgan fingerprint density at radius 3 is 2.55 bits per heavy atom. The van der Waals surface area contributed by atoms with E-state index in [1.165, 1.54) is 7.05 Å². The molecule has 0 fully saturated rings. The monoisotopic (exact) mass is 369 g/mol. The maximum Gasteiger partial charge on any atom is 0.321 e. The summed E-state index contributed by atoms with van der Waals surface area (Å²) in [6.07, 6.45) is -0.517. The molecule has 1 amide bonds. The van der Waals surface area contributed by atoms with Gasteiger partial charge in [-0.2, -0.15) is 4.72 Å². The highest BCUT2D eigenvalue weighted by Gasteiger charge is 2.30. The molecule has 0 aliphatic rings. The zero-order valence-electron chi connectivity index (χ0n) is 10.3. The molecule has 0 saturated carbocycles. The van der Waals surface area contributed by atoms with Crippen molar-refractivity contribution < 1.29 is 23.1 Å². The van der Waals surface area contributed by atoms with E-state index in [-0.39, 0.29) is 22.5 Å². The number of hydrogen-bond acceptors (Lipinski definition) is 6. The number of nitrogens with one attached hydrogen (secondary N) is 1. The van der Waals surface area contributed by atoms with E-state index < -0.39 is 27.9 Å². The molecule has 0 aliphatic carbocycles. The predicted molar refractivity (Wildman–Crippen MR) is 68.9 cm³/mol. The van der Waals surface area contributed by atoms with Gasteiger partial charge in [0.15, 0.2) is 4.60 Å². The highest BCUT2D eigenvalue weighted by Crippen LogP contribution is 2.18. The number of primary amides is 1. The van der Waals surface area contributed by atoms with E-state index in [1.807, 2.05) is 4.72 Å². The second-order valence-corrected chi connectivity index (χ2v) is 6.21. The van der Waals surface area contributed by atoms with E-state index in [4.69, 9.17) is 10.8 Å². The zero-order chi connectivity index (χ0) is 15.5. The number of nitrogens with zero attached hydrogens (tertiary/aromatic N) is 3. The van der Waals surface area contributed by atoms with Crippen LogP contribution >= 0.6 is 15.9 Å². The summed E-state index contributed by atoms with van der Waals surface area (Å²) in [5.41, 5.74) is 4.91. The van der Waals surface area contributed by atoms with Gasteiger partial charge < -0.3 is 10.8 Å². The van der Waals surface area contributed by atoms with Crippen molar-refractivity contribution in [2.45, 2.75) is 23.9 Å². The summed E-state index contributed by atoms with van der Waals surface area (Å²) in [7, 11) is -2.82. The van der Waals surface area contributed by atoms with Gasteiger partial charge in [-0.15, -0.1) is 5.10 Å². The van der Waals surface area contributed by atoms with Crippen LogP contribution in [0.3, 0.4) is 0 Å². The molecule has 0 radical (unpaired) electrons. The number of carbonyl (C=O) groups is 2. The zero-order valence-corrected chi connectivity index (χ0v) is 12.7. The van der Waals surface area contributed by atoms with Gasteiger partial charge in [-0.25, -0.2) is 13.1 Å². The van der Waals surface area contributed by atoms with Crippen molar-refractivity contribution in [3.63, 3.8) is 0 Å². The highest BCUT2D eigenvalue weighted by atomic mass is 79.9. The lowest BCUT2D eigenvalue weighted by atomic mass is 10.2. The van der Waals surface area contributed by atoms with E-state index >= 15 is 0 Å². The number of carboxylic acid groups (broad SMARTS) is 1. The summed E-state index contributed by atoms with van der Waals surface area (Å²) < 4.78 is 27.0. The normalized spacial score (nSPS) is 13.1. The number of halogens is 1. The number of nitrogens with two attached hydrogens (primary N) is 1. The van der Waals surface area contributed by atoms with Gasteiger partial charge in [0, 0.05) is 13.5 Å². The van der Waals surface area contributed by atoms with Crippen LogP contribution in [0.5, 0.6) is 0 Å². The minimum Gasteiger partial charge on any atom is -0.480 e. The van der Waals surface area contributed by atoms with Crippen molar-refractivity contribution in [2.75, 3.05) is 0 Å². The maximum absolute atomic E-state index is 12.1. The van der Waals surface area contributed by atoms with Crippen LogP contribution in [0.25, 0.3) is 0 Å². The molecule has 0 aromatic carbocycles. The molecule has 1 aromatic rings. The van der Waals surface area contributed by atoms with Gasteiger partial charge in [-0.3, -0.25) is 9.59 Å². The third-order valence-electron chi connectivity index (χ3n) is 2.27. The number of sulfonamides is 1. The minimum atomic E-state index is -4.16. The molecule has 10 nitrogen and oxygen atoms in total. The topological polar surface area (TPSA) is 157 Å². The van der Waals surface area contributed by atoms with Crippen molar-refractivity contribution >= 4 is 37.8 Å². The van der Waals surface area contributed by atoms with Crippen LogP contribution in [0.1, 0.15) is 12.8 Å². The Morgan fingerprint density at radius 2 is 2.15 bits per heavy atom. The molecule has 4 N–H and O–H groups in total. The van der Waals surface area contributed by atoms with Gasteiger partial charge in [0.2, 0.25) is 10.9 Å². The first-order valence-corrected chi connectivity index (χ1v) is 7.51. The number of aryl methyl sites for hydroxylation is 1. The Hall–Kier alpha value is -1.53. The Morgan fingerprint density at radius 1 is 1.55 bits per heavy atom.